The van der Waals surface area contributed by atoms with Gasteiger partial charge in [0, 0.05) is 0 Å². The Balaban J connectivity index is 2.75. The highest BCUT2D eigenvalue weighted by atomic mass is 19.1. The minimum Gasteiger partial charge on any atom is -0.407 e. The van der Waals surface area contributed by atoms with Crippen molar-refractivity contribution in [3.8, 4) is 0 Å². The SMILES string of the molecule is CC(F)C(=O)n1c(=O)oc2ccccc21. The van der Waals surface area contributed by atoms with Crippen LogP contribution in [0.15, 0.2) is 33.5 Å². The van der Waals surface area contributed by atoms with Crippen LogP contribution in [0.3, 0.4) is 0 Å². The van der Waals surface area contributed by atoms with E-state index in [-0.39, 0.29) is 11.1 Å². The second kappa shape index (κ2) is 3.34. The maximum Gasteiger partial charge on any atom is 0.426 e. The van der Waals surface area contributed by atoms with E-state index in [0.717, 1.165) is 6.92 Å². The average molecular weight is 209 g/mol. The van der Waals surface area contributed by atoms with E-state index in [1.165, 1.54) is 6.07 Å². The summed E-state index contributed by atoms with van der Waals surface area (Å²) in [5.74, 6) is -1.77. The van der Waals surface area contributed by atoms with Gasteiger partial charge in [0.05, 0.1) is 5.52 Å². The summed E-state index contributed by atoms with van der Waals surface area (Å²) in [5, 5.41) is 0. The second-order valence-corrected chi connectivity index (χ2v) is 3.13. The number of carbonyl (C=O) groups excluding carboxylic acids is 1. The zero-order valence-electron chi connectivity index (χ0n) is 7.94. The minimum absolute atomic E-state index is 0.275. The second-order valence-electron chi connectivity index (χ2n) is 3.13. The van der Waals surface area contributed by atoms with Crippen molar-refractivity contribution in [1.82, 2.24) is 4.57 Å². The van der Waals surface area contributed by atoms with Gasteiger partial charge in [0.1, 0.15) is 0 Å². The molecule has 1 heterocycles. The quantitative estimate of drug-likeness (QED) is 0.716. The van der Waals surface area contributed by atoms with Crippen molar-refractivity contribution in [2.45, 2.75) is 13.1 Å². The van der Waals surface area contributed by atoms with Gasteiger partial charge in [-0.25, -0.2) is 13.8 Å². The molecule has 0 aliphatic carbocycles. The number of nitrogens with zero attached hydrogens (tertiary/aromatic N) is 1. The summed E-state index contributed by atoms with van der Waals surface area (Å²) in [6.07, 6.45) is -1.73. The van der Waals surface area contributed by atoms with E-state index in [1.54, 1.807) is 18.2 Å². The van der Waals surface area contributed by atoms with Gasteiger partial charge in [0.2, 0.25) is 0 Å². The lowest BCUT2D eigenvalue weighted by Crippen LogP contribution is -2.28. The van der Waals surface area contributed by atoms with Gasteiger partial charge >= 0.3 is 5.76 Å². The summed E-state index contributed by atoms with van der Waals surface area (Å²) in [5.41, 5.74) is 0.563. The monoisotopic (exact) mass is 209 g/mol. The number of halogens is 1. The Bertz CT molecular complexity index is 567. The van der Waals surface area contributed by atoms with E-state index in [9.17, 15) is 14.0 Å². The van der Waals surface area contributed by atoms with Gasteiger partial charge in [-0.3, -0.25) is 4.79 Å². The van der Waals surface area contributed by atoms with Crippen molar-refractivity contribution in [2.24, 2.45) is 0 Å². The standard InChI is InChI=1S/C10H8FNO3/c1-6(11)9(13)12-7-4-2-3-5-8(7)15-10(12)14/h2-6H,1H3. The molecule has 0 spiro atoms. The van der Waals surface area contributed by atoms with Gasteiger partial charge in [0.25, 0.3) is 5.91 Å². The molecule has 1 atom stereocenters. The Morgan fingerprint density at radius 3 is 2.80 bits per heavy atom. The molecule has 0 aliphatic heterocycles. The lowest BCUT2D eigenvalue weighted by molar-refractivity contribution is 0.0802. The van der Waals surface area contributed by atoms with E-state index in [0.29, 0.717) is 4.57 Å². The van der Waals surface area contributed by atoms with Crippen molar-refractivity contribution < 1.29 is 13.6 Å². The van der Waals surface area contributed by atoms with Crippen LogP contribution < -0.4 is 5.76 Å². The van der Waals surface area contributed by atoms with Crippen LogP contribution in [0.25, 0.3) is 11.1 Å². The number of hydrogen-bond acceptors (Lipinski definition) is 3. The summed E-state index contributed by atoms with van der Waals surface area (Å²) in [7, 11) is 0. The largest absolute Gasteiger partial charge is 0.426 e. The molecule has 1 unspecified atom stereocenters. The first-order valence-corrected chi connectivity index (χ1v) is 4.40. The molecule has 1 aromatic carbocycles. The summed E-state index contributed by atoms with van der Waals surface area (Å²) in [6, 6.07) is 6.38. The number of oxazole rings is 1. The number of aromatic nitrogens is 1. The molecule has 2 rings (SSSR count). The topological polar surface area (TPSA) is 52.2 Å². The highest BCUT2D eigenvalue weighted by molar-refractivity contribution is 5.91. The van der Waals surface area contributed by atoms with E-state index in [1.807, 2.05) is 0 Å². The van der Waals surface area contributed by atoms with Gasteiger partial charge in [-0.15, -0.1) is 0 Å². The molecule has 0 aliphatic rings. The molecule has 0 fully saturated rings. The van der Waals surface area contributed by atoms with Crippen LogP contribution in [-0.4, -0.2) is 16.6 Å². The van der Waals surface area contributed by atoms with Crippen LogP contribution >= 0.6 is 0 Å². The van der Waals surface area contributed by atoms with Crippen LogP contribution in [0.4, 0.5) is 4.39 Å². The lowest BCUT2D eigenvalue weighted by atomic mass is 10.3. The molecule has 1 aromatic heterocycles. The normalized spacial score (nSPS) is 12.9. The highest BCUT2D eigenvalue weighted by Crippen LogP contribution is 2.12. The first-order valence-electron chi connectivity index (χ1n) is 4.40. The molecule has 4 nitrogen and oxygen atoms in total. The zero-order valence-corrected chi connectivity index (χ0v) is 7.94. The molecular weight excluding hydrogens is 201 g/mol. The van der Waals surface area contributed by atoms with Crippen molar-refractivity contribution in [1.29, 1.82) is 0 Å². The molecule has 0 saturated carbocycles. The molecule has 0 radical (unpaired) electrons. The Morgan fingerprint density at radius 2 is 2.13 bits per heavy atom. The number of hydrogen-bond donors (Lipinski definition) is 0. The van der Waals surface area contributed by atoms with Gasteiger partial charge in [-0.1, -0.05) is 12.1 Å². The third kappa shape index (κ3) is 1.45. The first kappa shape index (κ1) is 9.64. The summed E-state index contributed by atoms with van der Waals surface area (Å²) in [4.78, 5) is 22.7. The number of carbonyl (C=O) groups is 1. The van der Waals surface area contributed by atoms with Crippen molar-refractivity contribution in [3.63, 3.8) is 0 Å². The fourth-order valence-electron chi connectivity index (χ4n) is 1.35. The first-order chi connectivity index (χ1) is 7.11. The number of alkyl halides is 1. The Kier molecular flexibility index (Phi) is 2.15. The van der Waals surface area contributed by atoms with Gasteiger partial charge < -0.3 is 4.42 Å². The van der Waals surface area contributed by atoms with E-state index < -0.39 is 17.8 Å². The molecule has 0 amide bonds. The summed E-state index contributed by atoms with van der Waals surface area (Å²) >= 11 is 0. The van der Waals surface area contributed by atoms with Crippen molar-refractivity contribution in [3.05, 3.63) is 34.8 Å². The highest BCUT2D eigenvalue weighted by Gasteiger charge is 2.20. The zero-order chi connectivity index (χ0) is 11.0. The van der Waals surface area contributed by atoms with Crippen molar-refractivity contribution in [2.75, 3.05) is 0 Å². The van der Waals surface area contributed by atoms with Crippen LogP contribution in [0.1, 0.15) is 11.7 Å². The molecule has 0 saturated heterocycles. The molecule has 0 bridgehead atoms. The Morgan fingerprint density at radius 1 is 1.47 bits per heavy atom. The number of rotatable bonds is 1. The molecule has 78 valence electrons. The Labute approximate surface area is 83.9 Å². The van der Waals surface area contributed by atoms with Crippen LogP contribution in [0, 0.1) is 0 Å². The minimum atomic E-state index is -1.73. The number of fused-ring (bicyclic) bond motifs is 1. The van der Waals surface area contributed by atoms with Gasteiger partial charge in [0.15, 0.2) is 11.8 Å². The van der Waals surface area contributed by atoms with Crippen molar-refractivity contribution >= 4 is 17.0 Å². The lowest BCUT2D eigenvalue weighted by Gasteiger charge is -2.00. The predicted octanol–water partition coefficient (Wildman–Crippen LogP) is 1.59. The summed E-state index contributed by atoms with van der Waals surface area (Å²) < 4.78 is 18.3. The third-order valence-electron chi connectivity index (χ3n) is 2.05. The maximum atomic E-state index is 12.8. The molecular formula is C10H8FNO3. The van der Waals surface area contributed by atoms with Gasteiger partial charge in [-0.2, -0.15) is 0 Å². The Hall–Kier alpha value is -1.91. The number of benzene rings is 1. The maximum absolute atomic E-state index is 12.8. The molecule has 5 heteroatoms. The smallest absolute Gasteiger partial charge is 0.407 e. The average Bonchev–Trinajstić information content (AvgIpc) is 2.52. The number of para-hydroxylation sites is 2. The van der Waals surface area contributed by atoms with Crippen LogP contribution in [-0.2, 0) is 0 Å². The van der Waals surface area contributed by atoms with Gasteiger partial charge in [-0.05, 0) is 19.1 Å². The van der Waals surface area contributed by atoms with Crippen LogP contribution in [0.2, 0.25) is 0 Å². The predicted molar refractivity (Wildman–Crippen MR) is 51.7 cm³/mol. The van der Waals surface area contributed by atoms with Crippen LogP contribution in [0.5, 0.6) is 0 Å². The summed E-state index contributed by atoms with van der Waals surface area (Å²) in [6.45, 7) is 1.08. The van der Waals surface area contributed by atoms with E-state index >= 15 is 0 Å². The third-order valence-corrected chi connectivity index (χ3v) is 2.05. The fraction of sp³-hybridized carbons (Fsp3) is 0.200. The fourth-order valence-corrected chi connectivity index (χ4v) is 1.35. The molecule has 2 aromatic rings. The molecule has 0 N–H and O–H groups in total. The van der Waals surface area contributed by atoms with E-state index in [4.69, 9.17) is 4.42 Å². The van der Waals surface area contributed by atoms with E-state index in [2.05, 4.69) is 0 Å². The molecule has 15 heavy (non-hydrogen) atoms.